The number of amides is 1. The van der Waals surface area contributed by atoms with E-state index in [9.17, 15) is 4.79 Å². The van der Waals surface area contributed by atoms with E-state index in [0.717, 1.165) is 25.9 Å². The number of ether oxygens (including phenoxy) is 2. The van der Waals surface area contributed by atoms with Gasteiger partial charge in [0, 0.05) is 25.7 Å². The Bertz CT molecular complexity index is 229. The average molecular weight is 281 g/mol. The van der Waals surface area contributed by atoms with E-state index in [1.54, 1.807) is 0 Å². The molecule has 1 fully saturated rings. The van der Waals surface area contributed by atoms with Crippen molar-refractivity contribution in [1.82, 2.24) is 10.2 Å². The van der Waals surface area contributed by atoms with Crippen LogP contribution in [0.2, 0.25) is 0 Å². The maximum Gasteiger partial charge on any atom is 0.248 e. The standard InChI is InChI=1S/C12H24N2O3.ClH/c1-3-16-7-8-17-10-12(15)14-6-4-5-11(9-14)13-2;/h11,13H,3-10H2,1-2H3;1H. The topological polar surface area (TPSA) is 50.8 Å². The number of nitrogens with one attached hydrogen (secondary N) is 1. The van der Waals surface area contributed by atoms with Crippen LogP contribution < -0.4 is 5.32 Å². The van der Waals surface area contributed by atoms with Gasteiger partial charge in [0.2, 0.25) is 5.91 Å². The maximum atomic E-state index is 11.8. The summed E-state index contributed by atoms with van der Waals surface area (Å²) >= 11 is 0. The molecule has 0 aromatic carbocycles. The summed E-state index contributed by atoms with van der Waals surface area (Å²) in [7, 11) is 1.94. The number of carbonyl (C=O) groups is 1. The molecule has 1 heterocycles. The van der Waals surface area contributed by atoms with Crippen molar-refractivity contribution in [3.05, 3.63) is 0 Å². The smallest absolute Gasteiger partial charge is 0.248 e. The van der Waals surface area contributed by atoms with Crippen molar-refractivity contribution >= 4 is 18.3 Å². The molecule has 1 rings (SSSR count). The lowest BCUT2D eigenvalue weighted by Gasteiger charge is -2.32. The summed E-state index contributed by atoms with van der Waals surface area (Å²) in [4.78, 5) is 13.7. The largest absolute Gasteiger partial charge is 0.379 e. The molecule has 1 N–H and O–H groups in total. The minimum atomic E-state index is 0. The first-order valence-corrected chi connectivity index (χ1v) is 6.38. The predicted octanol–water partition coefficient (Wildman–Crippen LogP) is 0.672. The summed E-state index contributed by atoms with van der Waals surface area (Å²) in [6.07, 6.45) is 2.21. The van der Waals surface area contributed by atoms with E-state index >= 15 is 0 Å². The number of rotatable bonds is 7. The summed E-state index contributed by atoms with van der Waals surface area (Å²) in [5, 5.41) is 3.22. The van der Waals surface area contributed by atoms with Crippen LogP contribution in [0.15, 0.2) is 0 Å². The van der Waals surface area contributed by atoms with E-state index in [0.29, 0.717) is 25.9 Å². The number of piperidine rings is 1. The molecule has 1 unspecified atom stereocenters. The molecule has 0 aliphatic carbocycles. The van der Waals surface area contributed by atoms with Gasteiger partial charge in [0.15, 0.2) is 0 Å². The molecule has 0 radical (unpaired) electrons. The highest BCUT2D eigenvalue weighted by atomic mass is 35.5. The van der Waals surface area contributed by atoms with Gasteiger partial charge >= 0.3 is 0 Å². The summed E-state index contributed by atoms with van der Waals surface area (Å²) in [6, 6.07) is 0.427. The van der Waals surface area contributed by atoms with Crippen molar-refractivity contribution in [3.8, 4) is 0 Å². The van der Waals surface area contributed by atoms with Crippen LogP contribution in [0, 0.1) is 0 Å². The van der Waals surface area contributed by atoms with Crippen molar-refractivity contribution in [2.24, 2.45) is 0 Å². The second-order valence-electron chi connectivity index (χ2n) is 4.22. The van der Waals surface area contributed by atoms with Gasteiger partial charge in [-0.2, -0.15) is 0 Å². The molecule has 0 bridgehead atoms. The van der Waals surface area contributed by atoms with E-state index in [1.165, 1.54) is 0 Å². The van der Waals surface area contributed by atoms with Crippen molar-refractivity contribution in [2.75, 3.05) is 46.6 Å². The third-order valence-corrected chi connectivity index (χ3v) is 2.98. The number of hydrogen-bond donors (Lipinski definition) is 1. The first-order chi connectivity index (χ1) is 8.27. The monoisotopic (exact) mass is 280 g/mol. The Morgan fingerprint density at radius 3 is 2.78 bits per heavy atom. The van der Waals surface area contributed by atoms with E-state index < -0.39 is 0 Å². The van der Waals surface area contributed by atoms with Gasteiger partial charge < -0.3 is 19.7 Å². The molecule has 1 saturated heterocycles. The van der Waals surface area contributed by atoms with E-state index in [2.05, 4.69) is 5.32 Å². The van der Waals surface area contributed by atoms with Crippen LogP contribution in [0.4, 0.5) is 0 Å². The van der Waals surface area contributed by atoms with Crippen molar-refractivity contribution in [1.29, 1.82) is 0 Å². The molecule has 5 nitrogen and oxygen atoms in total. The number of likely N-dealkylation sites (N-methyl/N-ethyl adjacent to an activating group) is 1. The Morgan fingerprint density at radius 2 is 2.11 bits per heavy atom. The molecule has 0 aromatic rings. The van der Waals surface area contributed by atoms with Gasteiger partial charge in [0.05, 0.1) is 13.2 Å². The predicted molar refractivity (Wildman–Crippen MR) is 73.2 cm³/mol. The summed E-state index contributed by atoms with van der Waals surface area (Å²) in [5.41, 5.74) is 0. The highest BCUT2D eigenvalue weighted by Gasteiger charge is 2.22. The average Bonchev–Trinajstić information content (AvgIpc) is 2.38. The van der Waals surface area contributed by atoms with Crippen LogP contribution in [-0.4, -0.2) is 63.4 Å². The minimum Gasteiger partial charge on any atom is -0.379 e. The lowest BCUT2D eigenvalue weighted by atomic mass is 10.1. The molecule has 6 heteroatoms. The summed E-state index contributed by atoms with van der Waals surface area (Å²) in [5.74, 6) is 0.0847. The van der Waals surface area contributed by atoms with Gasteiger partial charge in [-0.1, -0.05) is 0 Å². The van der Waals surface area contributed by atoms with Crippen LogP contribution in [0.5, 0.6) is 0 Å². The maximum absolute atomic E-state index is 11.8. The highest BCUT2D eigenvalue weighted by molar-refractivity contribution is 5.85. The number of halogens is 1. The highest BCUT2D eigenvalue weighted by Crippen LogP contribution is 2.09. The zero-order valence-electron chi connectivity index (χ0n) is 11.3. The molecule has 0 saturated carbocycles. The third kappa shape index (κ3) is 6.54. The SMILES string of the molecule is CCOCCOCC(=O)N1CCCC(NC)C1.Cl. The van der Waals surface area contributed by atoms with Crippen LogP contribution in [0.1, 0.15) is 19.8 Å². The van der Waals surface area contributed by atoms with Crippen LogP contribution >= 0.6 is 12.4 Å². The van der Waals surface area contributed by atoms with Gasteiger partial charge in [0.25, 0.3) is 0 Å². The van der Waals surface area contributed by atoms with E-state index in [4.69, 9.17) is 9.47 Å². The molecule has 108 valence electrons. The van der Waals surface area contributed by atoms with Crippen molar-refractivity contribution in [3.63, 3.8) is 0 Å². The Labute approximate surface area is 116 Å². The quantitative estimate of drug-likeness (QED) is 0.697. The van der Waals surface area contributed by atoms with Gasteiger partial charge in [0.1, 0.15) is 6.61 Å². The zero-order valence-corrected chi connectivity index (χ0v) is 12.1. The fourth-order valence-electron chi connectivity index (χ4n) is 1.95. The van der Waals surface area contributed by atoms with Crippen LogP contribution in [-0.2, 0) is 14.3 Å². The fraction of sp³-hybridized carbons (Fsp3) is 0.917. The van der Waals surface area contributed by atoms with E-state index in [-0.39, 0.29) is 24.9 Å². The third-order valence-electron chi connectivity index (χ3n) is 2.98. The molecule has 0 spiro atoms. The Balaban J connectivity index is 0.00000289. The lowest BCUT2D eigenvalue weighted by molar-refractivity contribution is -0.138. The van der Waals surface area contributed by atoms with Gasteiger partial charge in [-0.3, -0.25) is 4.79 Å². The first-order valence-electron chi connectivity index (χ1n) is 6.38. The second kappa shape index (κ2) is 10.6. The fourth-order valence-corrected chi connectivity index (χ4v) is 1.95. The minimum absolute atomic E-state index is 0. The van der Waals surface area contributed by atoms with Gasteiger partial charge in [-0.25, -0.2) is 0 Å². The molecule has 1 aliphatic rings. The normalized spacial score (nSPS) is 19.4. The van der Waals surface area contributed by atoms with Crippen molar-refractivity contribution in [2.45, 2.75) is 25.8 Å². The molecule has 1 amide bonds. The van der Waals surface area contributed by atoms with Gasteiger partial charge in [-0.05, 0) is 26.8 Å². The summed E-state index contributed by atoms with van der Waals surface area (Å²) in [6.45, 7) is 5.50. The Kier molecular flexibility index (Phi) is 10.3. The van der Waals surface area contributed by atoms with Crippen LogP contribution in [0.25, 0.3) is 0 Å². The molecule has 1 aliphatic heterocycles. The van der Waals surface area contributed by atoms with Gasteiger partial charge in [-0.15, -0.1) is 12.4 Å². The molecule has 0 aromatic heterocycles. The van der Waals surface area contributed by atoms with Crippen molar-refractivity contribution < 1.29 is 14.3 Å². The summed E-state index contributed by atoms with van der Waals surface area (Å²) < 4.78 is 10.4. The van der Waals surface area contributed by atoms with E-state index in [1.807, 2.05) is 18.9 Å². The molecular formula is C12H25ClN2O3. The number of nitrogens with zero attached hydrogens (tertiary/aromatic N) is 1. The molecule has 1 atom stereocenters. The molecule has 18 heavy (non-hydrogen) atoms. The first kappa shape index (κ1) is 17.6. The zero-order chi connectivity index (χ0) is 12.5. The Morgan fingerprint density at radius 1 is 1.39 bits per heavy atom. The Hall–Kier alpha value is -0.360. The lowest BCUT2D eigenvalue weighted by Crippen LogP contribution is -2.48. The molecular weight excluding hydrogens is 256 g/mol. The number of carbonyl (C=O) groups excluding carboxylic acids is 1. The second-order valence-corrected chi connectivity index (χ2v) is 4.22. The van der Waals surface area contributed by atoms with Crippen LogP contribution in [0.3, 0.4) is 0 Å². The number of hydrogen-bond acceptors (Lipinski definition) is 4. The number of likely N-dealkylation sites (tertiary alicyclic amines) is 1.